The van der Waals surface area contributed by atoms with Crippen LogP contribution in [0.25, 0.3) is 0 Å². The highest BCUT2D eigenvalue weighted by atomic mass is 35.5. The van der Waals surface area contributed by atoms with Gasteiger partial charge in [-0.25, -0.2) is 4.98 Å². The van der Waals surface area contributed by atoms with Crippen LogP contribution in [0, 0.1) is 5.92 Å². The van der Waals surface area contributed by atoms with Crippen molar-refractivity contribution in [1.29, 1.82) is 0 Å². The largest absolute Gasteiger partial charge is 0.372 e. The Morgan fingerprint density at radius 2 is 1.91 bits per heavy atom. The number of morpholine rings is 1. The van der Waals surface area contributed by atoms with Crippen LogP contribution in [0.4, 0.5) is 5.13 Å². The van der Waals surface area contributed by atoms with E-state index in [0.29, 0.717) is 41.0 Å². The number of ether oxygens (including phenoxy) is 1. The Bertz CT molecular complexity index is 1020. The van der Waals surface area contributed by atoms with Crippen LogP contribution in [0.2, 0.25) is 5.02 Å². The predicted octanol–water partition coefficient (Wildman–Crippen LogP) is 3.71. The summed E-state index contributed by atoms with van der Waals surface area (Å²) in [6.07, 6.45) is 0.163. The summed E-state index contributed by atoms with van der Waals surface area (Å²) in [5.74, 6) is -0.501. The molecule has 1 aliphatic heterocycles. The lowest BCUT2D eigenvalue weighted by Crippen LogP contribution is -2.48. The number of benzene rings is 1. The molecule has 8 nitrogen and oxygen atoms in total. The van der Waals surface area contributed by atoms with Crippen molar-refractivity contribution in [2.75, 3.05) is 31.5 Å². The molecular weight excluding hydrogens is 476 g/mol. The third-order valence-corrected chi connectivity index (χ3v) is 6.35. The minimum absolute atomic E-state index is 0.000227. The summed E-state index contributed by atoms with van der Waals surface area (Å²) < 4.78 is 5.68. The molecule has 3 rings (SSSR count). The maximum atomic E-state index is 13.0. The zero-order valence-electron chi connectivity index (χ0n) is 19.9. The summed E-state index contributed by atoms with van der Waals surface area (Å²) in [5.41, 5.74) is 0.961. The minimum atomic E-state index is -0.357. The average molecular weight is 507 g/mol. The number of carbonyl (C=O) groups is 3. The van der Waals surface area contributed by atoms with Crippen molar-refractivity contribution in [3.05, 3.63) is 45.9 Å². The highest BCUT2D eigenvalue weighted by molar-refractivity contribution is 7.13. The van der Waals surface area contributed by atoms with Crippen molar-refractivity contribution in [3.8, 4) is 0 Å². The first-order valence-electron chi connectivity index (χ1n) is 11.3. The number of carbonyl (C=O) groups excluding carboxylic acids is 3. The number of nitrogens with zero attached hydrogens (tertiary/aromatic N) is 3. The molecule has 1 N–H and O–H groups in total. The van der Waals surface area contributed by atoms with Crippen molar-refractivity contribution in [2.24, 2.45) is 5.92 Å². The summed E-state index contributed by atoms with van der Waals surface area (Å²) in [6.45, 7) is 9.25. The minimum Gasteiger partial charge on any atom is -0.372 e. The second-order valence-corrected chi connectivity index (χ2v) is 10.2. The highest BCUT2D eigenvalue weighted by Crippen LogP contribution is 2.20. The first-order valence-corrected chi connectivity index (χ1v) is 12.6. The molecule has 0 bridgehead atoms. The number of amides is 3. The molecular formula is C24H31ClN4O4S. The zero-order chi connectivity index (χ0) is 24.8. The SMILES string of the molecule is CC(C)CN(CC(=O)Nc1nc(CC(=O)N2CC(C)OC(C)C2)cs1)C(=O)c1ccccc1Cl. The van der Waals surface area contributed by atoms with Gasteiger partial charge in [-0.05, 0) is 31.9 Å². The zero-order valence-corrected chi connectivity index (χ0v) is 21.5. The molecule has 10 heteroatoms. The van der Waals surface area contributed by atoms with Gasteiger partial charge in [0.05, 0.1) is 34.9 Å². The maximum Gasteiger partial charge on any atom is 0.255 e. The molecule has 2 atom stereocenters. The molecule has 0 radical (unpaired) electrons. The van der Waals surface area contributed by atoms with Crippen molar-refractivity contribution in [3.63, 3.8) is 0 Å². The molecule has 1 aliphatic rings. The Balaban J connectivity index is 1.59. The van der Waals surface area contributed by atoms with Gasteiger partial charge in [0.25, 0.3) is 5.91 Å². The van der Waals surface area contributed by atoms with Crippen LogP contribution in [-0.4, -0.2) is 70.9 Å². The van der Waals surface area contributed by atoms with E-state index in [-0.39, 0.29) is 48.8 Å². The normalized spacial score (nSPS) is 18.1. The van der Waals surface area contributed by atoms with E-state index in [4.69, 9.17) is 16.3 Å². The molecule has 3 amide bonds. The highest BCUT2D eigenvalue weighted by Gasteiger charge is 2.26. The lowest BCUT2D eigenvalue weighted by atomic mass is 10.1. The summed E-state index contributed by atoms with van der Waals surface area (Å²) in [6, 6.07) is 6.79. The lowest BCUT2D eigenvalue weighted by molar-refractivity contribution is -0.142. The van der Waals surface area contributed by atoms with E-state index in [1.165, 1.54) is 16.2 Å². The van der Waals surface area contributed by atoms with Gasteiger partial charge < -0.3 is 19.9 Å². The van der Waals surface area contributed by atoms with Gasteiger partial charge in [0.15, 0.2) is 5.13 Å². The van der Waals surface area contributed by atoms with Gasteiger partial charge in [-0.2, -0.15) is 0 Å². The van der Waals surface area contributed by atoms with Crippen LogP contribution in [0.3, 0.4) is 0 Å². The maximum absolute atomic E-state index is 13.0. The number of thiazole rings is 1. The van der Waals surface area contributed by atoms with Gasteiger partial charge in [-0.3, -0.25) is 14.4 Å². The number of aromatic nitrogens is 1. The smallest absolute Gasteiger partial charge is 0.255 e. The van der Waals surface area contributed by atoms with Crippen molar-refractivity contribution in [1.82, 2.24) is 14.8 Å². The van der Waals surface area contributed by atoms with E-state index in [9.17, 15) is 14.4 Å². The standard InChI is InChI=1S/C24H31ClN4O4S/c1-15(2)10-29(23(32)19-7-5-6-8-20(19)25)13-21(30)27-24-26-18(14-34-24)9-22(31)28-11-16(3)33-17(4)12-28/h5-8,14-17H,9-13H2,1-4H3,(H,26,27,30). The fourth-order valence-electron chi connectivity index (χ4n) is 3.89. The van der Waals surface area contributed by atoms with Gasteiger partial charge in [-0.1, -0.05) is 37.6 Å². The van der Waals surface area contributed by atoms with Gasteiger partial charge in [0, 0.05) is 25.0 Å². The second-order valence-electron chi connectivity index (χ2n) is 8.98. The molecule has 1 fully saturated rings. The van der Waals surface area contributed by atoms with E-state index in [1.54, 1.807) is 34.5 Å². The third-order valence-electron chi connectivity index (χ3n) is 5.21. The fraction of sp³-hybridized carbons (Fsp3) is 0.500. The average Bonchev–Trinajstić information content (AvgIpc) is 3.18. The van der Waals surface area contributed by atoms with Crippen LogP contribution in [0.1, 0.15) is 43.7 Å². The molecule has 0 saturated carbocycles. The molecule has 34 heavy (non-hydrogen) atoms. The summed E-state index contributed by atoms with van der Waals surface area (Å²) >= 11 is 7.44. The summed E-state index contributed by atoms with van der Waals surface area (Å²) in [5, 5.41) is 5.26. The molecule has 2 aromatic rings. The Labute approximate surface area is 209 Å². The topological polar surface area (TPSA) is 91.8 Å². The van der Waals surface area contributed by atoms with E-state index in [1.807, 2.05) is 27.7 Å². The molecule has 2 unspecified atom stereocenters. The van der Waals surface area contributed by atoms with Crippen LogP contribution >= 0.6 is 22.9 Å². The van der Waals surface area contributed by atoms with Crippen LogP contribution < -0.4 is 5.32 Å². The molecule has 2 heterocycles. The van der Waals surface area contributed by atoms with Gasteiger partial charge in [0.1, 0.15) is 6.54 Å². The fourth-order valence-corrected chi connectivity index (χ4v) is 4.83. The molecule has 0 aliphatic carbocycles. The Morgan fingerprint density at radius 1 is 1.24 bits per heavy atom. The van der Waals surface area contributed by atoms with Crippen molar-refractivity contribution < 1.29 is 19.1 Å². The number of halogens is 1. The van der Waals surface area contributed by atoms with E-state index in [0.717, 1.165) is 0 Å². The first-order chi connectivity index (χ1) is 16.1. The second kappa shape index (κ2) is 11.8. The van der Waals surface area contributed by atoms with Gasteiger partial charge >= 0.3 is 0 Å². The van der Waals surface area contributed by atoms with E-state index >= 15 is 0 Å². The summed E-state index contributed by atoms with van der Waals surface area (Å²) in [4.78, 5) is 46.1. The third kappa shape index (κ3) is 7.25. The molecule has 0 spiro atoms. The number of rotatable bonds is 8. The van der Waals surface area contributed by atoms with Crippen LogP contribution in [0.15, 0.2) is 29.6 Å². The van der Waals surface area contributed by atoms with Crippen molar-refractivity contribution >= 4 is 45.8 Å². The molecule has 184 valence electrons. The van der Waals surface area contributed by atoms with Crippen LogP contribution in [-0.2, 0) is 20.7 Å². The van der Waals surface area contributed by atoms with Gasteiger partial charge in [0.2, 0.25) is 11.8 Å². The predicted molar refractivity (Wildman–Crippen MR) is 133 cm³/mol. The number of hydrogen-bond donors (Lipinski definition) is 1. The number of nitrogens with one attached hydrogen (secondary N) is 1. The van der Waals surface area contributed by atoms with Crippen molar-refractivity contribution in [2.45, 2.75) is 46.3 Å². The Kier molecular flexibility index (Phi) is 9.04. The first kappa shape index (κ1) is 26.1. The van der Waals surface area contributed by atoms with E-state index in [2.05, 4.69) is 10.3 Å². The van der Waals surface area contributed by atoms with Crippen LogP contribution in [0.5, 0.6) is 0 Å². The monoisotopic (exact) mass is 506 g/mol. The Morgan fingerprint density at radius 3 is 2.56 bits per heavy atom. The molecule has 1 aromatic heterocycles. The van der Waals surface area contributed by atoms with E-state index < -0.39 is 0 Å². The lowest BCUT2D eigenvalue weighted by Gasteiger charge is -2.35. The summed E-state index contributed by atoms with van der Waals surface area (Å²) in [7, 11) is 0. The Hall–Kier alpha value is -2.49. The number of hydrogen-bond acceptors (Lipinski definition) is 6. The number of anilines is 1. The molecule has 1 aromatic carbocycles. The van der Waals surface area contributed by atoms with Gasteiger partial charge in [-0.15, -0.1) is 11.3 Å². The molecule has 1 saturated heterocycles. The quantitative estimate of drug-likeness (QED) is 0.589.